The fraction of sp³-hybridized carbons (Fsp3) is 0.571. The summed E-state index contributed by atoms with van der Waals surface area (Å²) in [6.45, 7) is 4.42. The Kier molecular flexibility index (Phi) is 3.57. The molecule has 1 aliphatic rings. The van der Waals surface area contributed by atoms with E-state index in [1.165, 1.54) is 11.1 Å². The molecule has 0 spiro atoms. The lowest BCUT2D eigenvalue weighted by atomic mass is 9.89. The second-order valence-electron chi connectivity index (χ2n) is 4.60. The van der Waals surface area contributed by atoms with Crippen molar-refractivity contribution in [2.45, 2.75) is 38.8 Å². The van der Waals surface area contributed by atoms with Gasteiger partial charge in [0, 0.05) is 12.1 Å². The Morgan fingerprint density at radius 2 is 1.88 bits per heavy atom. The average molecular weight is 235 g/mol. The van der Waals surface area contributed by atoms with Crippen molar-refractivity contribution in [2.24, 2.45) is 0 Å². The molecule has 1 heterocycles. The summed E-state index contributed by atoms with van der Waals surface area (Å²) >= 11 is 0. The standard InChI is InChI=1S/C14H21NO2/c1-5-11-6-10-7-13(16-3)14(17-4)8-12(10)9(2)15-11/h7-9,11,15H,5-6H2,1-4H3. The van der Waals surface area contributed by atoms with E-state index in [2.05, 4.69) is 31.3 Å². The Balaban J connectivity index is 2.42. The molecule has 3 heteroatoms. The lowest BCUT2D eigenvalue weighted by Gasteiger charge is -2.31. The van der Waals surface area contributed by atoms with E-state index in [1.54, 1.807) is 14.2 Å². The lowest BCUT2D eigenvalue weighted by molar-refractivity contribution is 0.349. The first-order valence-corrected chi connectivity index (χ1v) is 6.20. The summed E-state index contributed by atoms with van der Waals surface area (Å²) in [5.41, 5.74) is 2.70. The van der Waals surface area contributed by atoms with Crippen LogP contribution in [-0.4, -0.2) is 20.3 Å². The van der Waals surface area contributed by atoms with Gasteiger partial charge in [0.2, 0.25) is 0 Å². The first kappa shape index (κ1) is 12.2. The summed E-state index contributed by atoms with van der Waals surface area (Å²) in [7, 11) is 3.37. The van der Waals surface area contributed by atoms with E-state index in [0.717, 1.165) is 24.3 Å². The molecule has 0 saturated heterocycles. The van der Waals surface area contributed by atoms with Crippen LogP contribution in [0.4, 0.5) is 0 Å². The number of hydrogen-bond acceptors (Lipinski definition) is 3. The maximum atomic E-state index is 5.36. The highest BCUT2D eigenvalue weighted by Gasteiger charge is 2.24. The van der Waals surface area contributed by atoms with Crippen LogP contribution in [0.1, 0.15) is 37.4 Å². The molecule has 0 radical (unpaired) electrons. The number of fused-ring (bicyclic) bond motifs is 1. The van der Waals surface area contributed by atoms with Crippen molar-refractivity contribution in [3.05, 3.63) is 23.3 Å². The third-order valence-corrected chi connectivity index (χ3v) is 3.56. The molecule has 0 amide bonds. The van der Waals surface area contributed by atoms with Gasteiger partial charge in [0.25, 0.3) is 0 Å². The van der Waals surface area contributed by atoms with Crippen LogP contribution in [0.2, 0.25) is 0 Å². The summed E-state index contributed by atoms with van der Waals surface area (Å²) in [6.07, 6.45) is 2.22. The third-order valence-electron chi connectivity index (χ3n) is 3.56. The number of nitrogens with one attached hydrogen (secondary N) is 1. The van der Waals surface area contributed by atoms with E-state index in [9.17, 15) is 0 Å². The van der Waals surface area contributed by atoms with Crippen LogP contribution in [0.15, 0.2) is 12.1 Å². The number of ether oxygens (including phenoxy) is 2. The zero-order valence-corrected chi connectivity index (χ0v) is 11.0. The Morgan fingerprint density at radius 1 is 1.24 bits per heavy atom. The fourth-order valence-corrected chi connectivity index (χ4v) is 2.55. The van der Waals surface area contributed by atoms with Gasteiger partial charge in [-0.05, 0) is 43.0 Å². The van der Waals surface area contributed by atoms with Gasteiger partial charge in [0.15, 0.2) is 11.5 Å². The first-order valence-electron chi connectivity index (χ1n) is 6.20. The maximum absolute atomic E-state index is 5.36. The van der Waals surface area contributed by atoms with E-state index >= 15 is 0 Å². The van der Waals surface area contributed by atoms with E-state index in [1.807, 2.05) is 0 Å². The topological polar surface area (TPSA) is 30.5 Å². The molecule has 0 saturated carbocycles. The normalized spacial score (nSPS) is 23.1. The van der Waals surface area contributed by atoms with Gasteiger partial charge in [-0.2, -0.15) is 0 Å². The van der Waals surface area contributed by atoms with Gasteiger partial charge in [-0.1, -0.05) is 6.92 Å². The molecule has 0 bridgehead atoms. The van der Waals surface area contributed by atoms with Gasteiger partial charge in [0.05, 0.1) is 14.2 Å². The predicted octanol–water partition coefficient (Wildman–Crippen LogP) is 2.69. The molecule has 3 nitrogen and oxygen atoms in total. The number of methoxy groups -OCH3 is 2. The Hall–Kier alpha value is -1.22. The predicted molar refractivity (Wildman–Crippen MR) is 68.9 cm³/mol. The van der Waals surface area contributed by atoms with Crippen molar-refractivity contribution in [3.63, 3.8) is 0 Å². The smallest absolute Gasteiger partial charge is 0.161 e. The minimum Gasteiger partial charge on any atom is -0.493 e. The van der Waals surface area contributed by atoms with Crippen molar-refractivity contribution in [1.82, 2.24) is 5.32 Å². The minimum atomic E-state index is 0.378. The maximum Gasteiger partial charge on any atom is 0.161 e. The Bertz CT molecular complexity index is 403. The summed E-state index contributed by atoms with van der Waals surface area (Å²) in [5.74, 6) is 1.64. The van der Waals surface area contributed by atoms with Crippen LogP contribution < -0.4 is 14.8 Å². The van der Waals surface area contributed by atoms with Crippen LogP contribution in [0.25, 0.3) is 0 Å². The van der Waals surface area contributed by atoms with Crippen LogP contribution in [0.5, 0.6) is 11.5 Å². The lowest BCUT2D eigenvalue weighted by Crippen LogP contribution is -2.37. The monoisotopic (exact) mass is 235 g/mol. The van der Waals surface area contributed by atoms with Crippen molar-refractivity contribution in [3.8, 4) is 11.5 Å². The van der Waals surface area contributed by atoms with Crippen molar-refractivity contribution in [1.29, 1.82) is 0 Å². The zero-order valence-electron chi connectivity index (χ0n) is 11.0. The molecule has 2 unspecified atom stereocenters. The second-order valence-corrected chi connectivity index (χ2v) is 4.60. The number of rotatable bonds is 3. The van der Waals surface area contributed by atoms with Crippen LogP contribution in [0, 0.1) is 0 Å². The Labute approximate surface area is 103 Å². The molecule has 0 aliphatic carbocycles. The molecule has 94 valence electrons. The molecular formula is C14H21NO2. The molecule has 1 aromatic rings. The summed E-state index contributed by atoms with van der Waals surface area (Å²) in [5, 5.41) is 3.61. The molecule has 0 fully saturated rings. The van der Waals surface area contributed by atoms with Crippen molar-refractivity contribution >= 4 is 0 Å². The first-order chi connectivity index (χ1) is 8.19. The molecular weight excluding hydrogens is 214 g/mol. The highest BCUT2D eigenvalue weighted by molar-refractivity contribution is 5.49. The van der Waals surface area contributed by atoms with E-state index < -0.39 is 0 Å². The SMILES string of the molecule is CCC1Cc2cc(OC)c(OC)cc2C(C)N1. The van der Waals surface area contributed by atoms with Gasteiger partial charge in [-0.15, -0.1) is 0 Å². The average Bonchev–Trinajstić information content (AvgIpc) is 2.36. The fourth-order valence-electron chi connectivity index (χ4n) is 2.55. The van der Waals surface area contributed by atoms with Crippen LogP contribution >= 0.6 is 0 Å². The van der Waals surface area contributed by atoms with Crippen LogP contribution in [-0.2, 0) is 6.42 Å². The summed E-state index contributed by atoms with van der Waals surface area (Å²) in [6, 6.07) is 5.16. The highest BCUT2D eigenvalue weighted by Crippen LogP contribution is 2.36. The van der Waals surface area contributed by atoms with Gasteiger partial charge < -0.3 is 14.8 Å². The third kappa shape index (κ3) is 2.25. The molecule has 1 aliphatic heterocycles. The van der Waals surface area contributed by atoms with E-state index in [-0.39, 0.29) is 0 Å². The van der Waals surface area contributed by atoms with E-state index in [4.69, 9.17) is 9.47 Å². The molecule has 1 N–H and O–H groups in total. The van der Waals surface area contributed by atoms with Gasteiger partial charge in [0.1, 0.15) is 0 Å². The van der Waals surface area contributed by atoms with Gasteiger partial charge in [-0.25, -0.2) is 0 Å². The quantitative estimate of drug-likeness (QED) is 0.873. The van der Waals surface area contributed by atoms with Crippen molar-refractivity contribution in [2.75, 3.05) is 14.2 Å². The number of benzene rings is 1. The van der Waals surface area contributed by atoms with Crippen molar-refractivity contribution < 1.29 is 9.47 Å². The summed E-state index contributed by atoms with van der Waals surface area (Å²) < 4.78 is 10.7. The van der Waals surface area contributed by atoms with Crippen LogP contribution in [0.3, 0.4) is 0 Å². The molecule has 17 heavy (non-hydrogen) atoms. The van der Waals surface area contributed by atoms with Gasteiger partial charge >= 0.3 is 0 Å². The second kappa shape index (κ2) is 4.96. The zero-order chi connectivity index (χ0) is 12.4. The minimum absolute atomic E-state index is 0.378. The largest absolute Gasteiger partial charge is 0.493 e. The van der Waals surface area contributed by atoms with Gasteiger partial charge in [-0.3, -0.25) is 0 Å². The summed E-state index contributed by atoms with van der Waals surface area (Å²) in [4.78, 5) is 0. The number of hydrogen-bond donors (Lipinski definition) is 1. The van der Waals surface area contributed by atoms with E-state index in [0.29, 0.717) is 12.1 Å². The molecule has 2 atom stereocenters. The molecule has 2 rings (SSSR count). The highest BCUT2D eigenvalue weighted by atomic mass is 16.5. The molecule has 0 aromatic heterocycles. The molecule has 1 aromatic carbocycles. The Morgan fingerprint density at radius 3 is 2.47 bits per heavy atom.